The van der Waals surface area contributed by atoms with Gasteiger partial charge in [0.2, 0.25) is 5.91 Å². The molecule has 12 heteroatoms. The van der Waals surface area contributed by atoms with E-state index < -0.39 is 68.6 Å². The highest BCUT2D eigenvalue weighted by Crippen LogP contribution is 2.38. The molecule has 1 heterocycles. The van der Waals surface area contributed by atoms with Crippen molar-refractivity contribution in [1.29, 1.82) is 0 Å². The number of hydrogen-bond acceptors (Lipinski definition) is 4. The van der Waals surface area contributed by atoms with Crippen molar-refractivity contribution in [2.45, 2.75) is 41.5 Å². The fourth-order valence-electron chi connectivity index (χ4n) is 3.08. The molecule has 0 aromatic carbocycles. The molecule has 1 saturated heterocycles. The van der Waals surface area contributed by atoms with Gasteiger partial charge < -0.3 is 5.73 Å². The summed E-state index contributed by atoms with van der Waals surface area (Å²) in [6.07, 6.45) is 2.15. The van der Waals surface area contributed by atoms with Gasteiger partial charge in [-0.15, -0.1) is 6.58 Å². The Balaban J connectivity index is 3.13. The summed E-state index contributed by atoms with van der Waals surface area (Å²) in [6, 6.07) is 0. The van der Waals surface area contributed by atoms with Crippen molar-refractivity contribution >= 4 is 41.0 Å². The van der Waals surface area contributed by atoms with Gasteiger partial charge in [-0.25, -0.2) is 8.42 Å². The third-order valence-corrected chi connectivity index (χ3v) is 9.51. The molecule has 2 N–H and O–H groups in total. The van der Waals surface area contributed by atoms with E-state index in [9.17, 15) is 35.2 Å². The molecule has 0 aromatic rings. The first-order valence-electron chi connectivity index (χ1n) is 9.98. The zero-order chi connectivity index (χ0) is 26.4. The third kappa shape index (κ3) is 8.14. The molecule has 192 valence electrons. The smallest absolute Gasteiger partial charge is 0.385 e. The van der Waals surface area contributed by atoms with Crippen molar-refractivity contribution in [2.24, 2.45) is 11.7 Å². The Kier molecular flexibility index (Phi) is 10.4. The normalized spacial score (nSPS) is 19.6. The molecule has 1 fully saturated rings. The second-order valence-electron chi connectivity index (χ2n) is 8.00. The maximum atomic E-state index is 14.3. The van der Waals surface area contributed by atoms with Crippen molar-refractivity contribution in [3.8, 4) is 0 Å². The molecule has 1 aliphatic rings. The van der Waals surface area contributed by atoms with Crippen molar-refractivity contribution in [3.63, 3.8) is 0 Å². The quantitative estimate of drug-likeness (QED) is 0.116. The van der Waals surface area contributed by atoms with E-state index in [0.29, 0.717) is 12.5 Å². The Labute approximate surface area is 206 Å². The van der Waals surface area contributed by atoms with Crippen LogP contribution in [0.5, 0.6) is 0 Å². The van der Waals surface area contributed by atoms with E-state index in [0.717, 1.165) is 23.1 Å². The van der Waals surface area contributed by atoms with E-state index in [1.165, 1.54) is 26.0 Å². The molecular weight excluding hydrogens is 594 g/mol. The van der Waals surface area contributed by atoms with Crippen LogP contribution < -0.4 is 5.73 Å². The lowest BCUT2D eigenvalue weighted by Crippen LogP contribution is -2.42. The predicted molar refractivity (Wildman–Crippen MR) is 133 cm³/mol. The average Bonchev–Trinajstić information content (AvgIpc) is 3.11. The molecule has 34 heavy (non-hydrogen) atoms. The van der Waals surface area contributed by atoms with Gasteiger partial charge in [-0.05, 0) is 47.1 Å². The number of rotatable bonds is 11. The molecule has 0 aromatic heterocycles. The fourth-order valence-corrected chi connectivity index (χ4v) is 5.42. The molecule has 1 aliphatic heterocycles. The zero-order valence-corrected chi connectivity index (χ0v) is 21.8. The van der Waals surface area contributed by atoms with Crippen molar-refractivity contribution in [3.05, 3.63) is 60.5 Å². The molecule has 1 atom stereocenters. The number of carbonyl (C=O) groups is 1. The topological polar surface area (TPSA) is 80.5 Å². The van der Waals surface area contributed by atoms with Crippen LogP contribution in [-0.4, -0.2) is 50.9 Å². The van der Waals surface area contributed by atoms with Crippen LogP contribution in [0.15, 0.2) is 60.5 Å². The van der Waals surface area contributed by atoms with E-state index in [1.54, 1.807) is 0 Å². The number of nitrogens with two attached hydrogens (primary N) is 1. The molecule has 5 nitrogen and oxygen atoms in total. The first-order valence-corrected chi connectivity index (χ1v) is 14.2. The minimum atomic E-state index is -4.55. The Morgan fingerprint density at radius 3 is 2.41 bits per heavy atom. The Morgan fingerprint density at radius 2 is 1.88 bits per heavy atom. The number of halogens is 6. The van der Waals surface area contributed by atoms with E-state index in [1.807, 2.05) is 0 Å². The number of nitrogens with zero attached hydrogens (tertiary/aromatic N) is 1. The minimum Gasteiger partial charge on any atom is -0.385 e. The minimum absolute atomic E-state index is 0.0520. The van der Waals surface area contributed by atoms with Crippen LogP contribution in [0.25, 0.3) is 0 Å². The Bertz CT molecular complexity index is 1010. The summed E-state index contributed by atoms with van der Waals surface area (Å²) in [5, 5.41) is 0. The number of likely N-dealkylation sites (tertiary alicyclic amines) is 1. The van der Waals surface area contributed by atoms with Gasteiger partial charge >= 0.3 is 10.1 Å². The first kappa shape index (κ1) is 30.2. The van der Waals surface area contributed by atoms with Crippen LogP contribution in [0, 0.1) is 5.92 Å². The Morgan fingerprint density at radius 1 is 1.26 bits per heavy atom. The van der Waals surface area contributed by atoms with Crippen molar-refractivity contribution < 1.29 is 35.2 Å². The standard InChI is InChI=1S/C22H28F5IN2O3S/c1-5-6-7-9-16(22(26,27)28-4)11-13-34(32,33)20(2,3)17-14-19(31)30(15-17)18(29)10-8-12-21(23,24)25/h5,7-12,17H,1,4,6,13-15,29H2,2-3H3/b9-7-,12-8+,16-11+,18-10+/t17-/m0/s1. The number of sulfone groups is 1. The predicted octanol–water partition coefficient (Wildman–Crippen LogP) is 5.00. The molecule has 0 saturated carbocycles. The fraction of sp³-hybridized carbons (Fsp3) is 0.455. The molecule has 1 amide bonds. The van der Waals surface area contributed by atoms with Crippen LogP contribution in [0.2, 0.25) is 0 Å². The molecule has 0 unspecified atom stereocenters. The van der Waals surface area contributed by atoms with Gasteiger partial charge in [0.1, 0.15) is 5.82 Å². The lowest BCUT2D eigenvalue weighted by molar-refractivity contribution is -0.126. The molecule has 0 radical (unpaired) electrons. The first-order chi connectivity index (χ1) is 15.5. The second kappa shape index (κ2) is 11.7. The Hall–Kier alpha value is -1.83. The van der Waals surface area contributed by atoms with Crippen molar-refractivity contribution in [1.82, 2.24) is 4.90 Å². The van der Waals surface area contributed by atoms with E-state index in [-0.39, 0.29) is 24.9 Å². The van der Waals surface area contributed by atoms with Gasteiger partial charge in [-0.2, -0.15) is 22.0 Å². The molecule has 1 rings (SSSR count). The third-order valence-electron chi connectivity index (χ3n) is 5.39. The average molecular weight is 622 g/mol. The zero-order valence-electron chi connectivity index (χ0n) is 18.8. The summed E-state index contributed by atoms with van der Waals surface area (Å²) in [4.78, 5) is 13.4. The summed E-state index contributed by atoms with van der Waals surface area (Å²) < 4.78 is 90.1. The summed E-state index contributed by atoms with van der Waals surface area (Å²) in [5.74, 6) is -2.23. The molecule has 0 bridgehead atoms. The van der Waals surface area contributed by atoms with Gasteiger partial charge in [-0.3, -0.25) is 9.69 Å². The van der Waals surface area contributed by atoms with Crippen LogP contribution in [0.3, 0.4) is 0 Å². The lowest BCUT2D eigenvalue weighted by atomic mass is 9.94. The number of alkyl halides is 6. The maximum absolute atomic E-state index is 14.3. The summed E-state index contributed by atoms with van der Waals surface area (Å²) in [6.45, 7) is 6.14. The molecule has 0 aliphatic carbocycles. The maximum Gasteiger partial charge on any atom is 0.409 e. The van der Waals surface area contributed by atoms with Gasteiger partial charge in [0.25, 0.3) is 0 Å². The monoisotopic (exact) mass is 622 g/mol. The van der Waals surface area contributed by atoms with E-state index >= 15 is 0 Å². The number of allylic oxidation sites excluding steroid dienone is 7. The summed E-state index contributed by atoms with van der Waals surface area (Å²) in [7, 11) is -4.02. The highest BCUT2D eigenvalue weighted by Gasteiger charge is 2.47. The number of carbonyl (C=O) groups excluding carboxylic acids is 1. The van der Waals surface area contributed by atoms with Crippen LogP contribution in [0.1, 0.15) is 26.7 Å². The van der Waals surface area contributed by atoms with Crippen LogP contribution in [0.4, 0.5) is 22.0 Å². The second-order valence-corrected chi connectivity index (χ2v) is 12.7. The highest BCUT2D eigenvalue weighted by atomic mass is 127. The lowest BCUT2D eigenvalue weighted by Gasteiger charge is -2.30. The van der Waals surface area contributed by atoms with Gasteiger partial charge in [0.05, 0.1) is 10.5 Å². The molecule has 0 spiro atoms. The van der Waals surface area contributed by atoms with Gasteiger partial charge in [0.15, 0.2) is 9.84 Å². The number of hydrogen-bond donors (Lipinski definition) is 1. The van der Waals surface area contributed by atoms with Crippen LogP contribution in [-0.2, 0) is 14.6 Å². The summed E-state index contributed by atoms with van der Waals surface area (Å²) >= 11 is -1.79. The van der Waals surface area contributed by atoms with Gasteiger partial charge in [0, 0.05) is 30.5 Å². The summed E-state index contributed by atoms with van der Waals surface area (Å²) in [5.41, 5.74) is 5.28. The van der Waals surface area contributed by atoms with Crippen molar-refractivity contribution in [2.75, 3.05) is 12.3 Å². The molecular formula is C22H28F5IN2O3S. The van der Waals surface area contributed by atoms with Crippen LogP contribution >= 0.6 is 20.7 Å². The highest BCUT2D eigenvalue weighted by molar-refractivity contribution is 14.2. The SMILES string of the molecule is C=CC/C=C\C(=C/CS(=O)(=O)C(C)(C)[C@H]1CC(=O)N(/C(N)=C/C=C/C(F)(F)F)C1)C(F)(F)I=C. The van der Waals surface area contributed by atoms with Gasteiger partial charge in [-0.1, -0.05) is 34.9 Å². The largest absolute Gasteiger partial charge is 0.409 e. The number of amides is 1. The van der Waals surface area contributed by atoms with E-state index in [4.69, 9.17) is 5.73 Å². The van der Waals surface area contributed by atoms with E-state index in [2.05, 4.69) is 11.1 Å².